The third-order valence-electron chi connectivity index (χ3n) is 4.91. The van der Waals surface area contributed by atoms with Crippen LogP contribution in [0.2, 0.25) is 0 Å². The molecule has 1 heterocycles. The van der Waals surface area contributed by atoms with Gasteiger partial charge in [-0.2, -0.15) is 0 Å². The molecule has 1 aliphatic heterocycles. The first-order valence-corrected chi connectivity index (χ1v) is 10.1. The van der Waals surface area contributed by atoms with Crippen molar-refractivity contribution >= 4 is 17.6 Å². The summed E-state index contributed by atoms with van der Waals surface area (Å²) in [6.07, 6.45) is 0.553. The second-order valence-electron chi connectivity index (χ2n) is 7.25. The number of carbonyl (C=O) groups is 2. The number of urea groups is 1. The fourth-order valence-corrected chi connectivity index (χ4v) is 3.28. The lowest BCUT2D eigenvalue weighted by molar-refractivity contribution is 0.0564. The Hall–Kier alpha value is -3.04. The van der Waals surface area contributed by atoms with Crippen molar-refractivity contribution in [3.63, 3.8) is 0 Å². The fraction of sp³-hybridized carbons (Fsp3) is 0.364. The van der Waals surface area contributed by atoms with Crippen molar-refractivity contribution in [2.75, 3.05) is 44.7 Å². The molecule has 0 radical (unpaired) electrons. The SMILES string of the molecule is NCCCN(Cc1ccc(NC(=O)N2CCOCC2)cc1)C(=O)c1cc(F)cc(F)c1. The molecule has 2 aromatic carbocycles. The van der Waals surface area contributed by atoms with Crippen molar-refractivity contribution in [1.82, 2.24) is 9.80 Å². The predicted molar refractivity (Wildman–Crippen MR) is 113 cm³/mol. The summed E-state index contributed by atoms with van der Waals surface area (Å²) in [7, 11) is 0. The molecule has 31 heavy (non-hydrogen) atoms. The Kier molecular flexibility index (Phi) is 7.91. The van der Waals surface area contributed by atoms with Gasteiger partial charge in [0.25, 0.3) is 5.91 Å². The van der Waals surface area contributed by atoms with Crippen LogP contribution in [0.5, 0.6) is 0 Å². The summed E-state index contributed by atoms with van der Waals surface area (Å²) in [5, 5.41) is 2.84. The van der Waals surface area contributed by atoms with E-state index < -0.39 is 17.5 Å². The minimum atomic E-state index is -0.803. The zero-order chi connectivity index (χ0) is 22.2. The average molecular weight is 432 g/mol. The summed E-state index contributed by atoms with van der Waals surface area (Å²) >= 11 is 0. The van der Waals surface area contributed by atoms with Gasteiger partial charge in [-0.1, -0.05) is 12.1 Å². The quantitative estimate of drug-likeness (QED) is 0.704. The highest BCUT2D eigenvalue weighted by Gasteiger charge is 2.19. The van der Waals surface area contributed by atoms with Crippen LogP contribution in [-0.4, -0.2) is 61.1 Å². The zero-order valence-electron chi connectivity index (χ0n) is 17.2. The van der Waals surface area contributed by atoms with E-state index in [2.05, 4.69) is 5.32 Å². The molecule has 0 aromatic heterocycles. The number of halogens is 2. The summed E-state index contributed by atoms with van der Waals surface area (Å²) < 4.78 is 32.3. The van der Waals surface area contributed by atoms with Gasteiger partial charge < -0.3 is 25.6 Å². The Bertz CT molecular complexity index is 882. The lowest BCUT2D eigenvalue weighted by Crippen LogP contribution is -2.43. The normalized spacial score (nSPS) is 13.7. The minimum absolute atomic E-state index is 0.0519. The molecular formula is C22H26F2N4O3. The maximum Gasteiger partial charge on any atom is 0.321 e. The van der Waals surface area contributed by atoms with E-state index in [0.29, 0.717) is 51.5 Å². The maximum absolute atomic E-state index is 13.5. The number of hydrogen-bond donors (Lipinski definition) is 2. The van der Waals surface area contributed by atoms with Crippen molar-refractivity contribution in [1.29, 1.82) is 0 Å². The maximum atomic E-state index is 13.5. The fourth-order valence-electron chi connectivity index (χ4n) is 3.28. The Balaban J connectivity index is 1.66. The topological polar surface area (TPSA) is 87.9 Å². The van der Waals surface area contributed by atoms with E-state index in [0.717, 1.165) is 23.8 Å². The molecule has 0 aliphatic carbocycles. The molecule has 3 amide bonds. The number of carbonyl (C=O) groups excluding carboxylic acids is 2. The van der Waals surface area contributed by atoms with Gasteiger partial charge in [0.05, 0.1) is 13.2 Å². The van der Waals surface area contributed by atoms with E-state index >= 15 is 0 Å². The van der Waals surface area contributed by atoms with Crippen LogP contribution in [0.3, 0.4) is 0 Å². The van der Waals surface area contributed by atoms with Crippen molar-refractivity contribution in [2.24, 2.45) is 5.73 Å². The van der Waals surface area contributed by atoms with Gasteiger partial charge in [0, 0.05) is 43.5 Å². The second-order valence-corrected chi connectivity index (χ2v) is 7.25. The van der Waals surface area contributed by atoms with Gasteiger partial charge in [0.1, 0.15) is 11.6 Å². The van der Waals surface area contributed by atoms with Crippen molar-refractivity contribution in [2.45, 2.75) is 13.0 Å². The van der Waals surface area contributed by atoms with E-state index in [-0.39, 0.29) is 18.1 Å². The lowest BCUT2D eigenvalue weighted by atomic mass is 10.1. The third-order valence-corrected chi connectivity index (χ3v) is 4.91. The molecule has 1 aliphatic rings. The molecule has 9 heteroatoms. The van der Waals surface area contributed by atoms with Crippen LogP contribution >= 0.6 is 0 Å². The number of nitrogens with one attached hydrogen (secondary N) is 1. The highest BCUT2D eigenvalue weighted by atomic mass is 19.1. The molecule has 0 unspecified atom stereocenters. The summed E-state index contributed by atoms with van der Waals surface area (Å²) in [6.45, 7) is 3.11. The molecular weight excluding hydrogens is 406 g/mol. The summed E-state index contributed by atoms with van der Waals surface area (Å²) in [4.78, 5) is 28.3. The summed E-state index contributed by atoms with van der Waals surface area (Å²) in [5.74, 6) is -2.08. The first kappa shape index (κ1) is 22.6. The first-order chi connectivity index (χ1) is 15.0. The number of ether oxygens (including phenoxy) is 1. The Morgan fingerprint density at radius 1 is 1.06 bits per heavy atom. The molecule has 1 fully saturated rings. The average Bonchev–Trinajstić information content (AvgIpc) is 2.77. The smallest absolute Gasteiger partial charge is 0.321 e. The van der Waals surface area contributed by atoms with Crippen LogP contribution < -0.4 is 11.1 Å². The number of morpholine rings is 1. The van der Waals surface area contributed by atoms with Gasteiger partial charge in [0.15, 0.2) is 0 Å². The second kappa shape index (κ2) is 10.8. The molecule has 2 aromatic rings. The third kappa shape index (κ3) is 6.47. The van der Waals surface area contributed by atoms with Gasteiger partial charge in [0.2, 0.25) is 0 Å². The molecule has 166 valence electrons. The van der Waals surface area contributed by atoms with Crippen LogP contribution in [0.1, 0.15) is 22.3 Å². The number of benzene rings is 2. The molecule has 3 N–H and O–H groups in total. The largest absolute Gasteiger partial charge is 0.378 e. The standard InChI is InChI=1S/C22H26F2N4O3/c23-18-12-17(13-19(24)14-18)21(29)28(7-1-6-25)15-16-2-4-20(5-3-16)26-22(30)27-8-10-31-11-9-27/h2-5,12-14H,1,6-11,15,25H2,(H,26,30). The highest BCUT2D eigenvalue weighted by Crippen LogP contribution is 2.16. The van der Waals surface area contributed by atoms with E-state index in [9.17, 15) is 18.4 Å². The van der Waals surface area contributed by atoms with E-state index in [1.807, 2.05) is 0 Å². The monoisotopic (exact) mass is 432 g/mol. The van der Waals surface area contributed by atoms with E-state index in [4.69, 9.17) is 10.5 Å². The number of amides is 3. The van der Waals surface area contributed by atoms with Gasteiger partial charge >= 0.3 is 6.03 Å². The Labute approximate surface area is 179 Å². The van der Waals surface area contributed by atoms with Crippen LogP contribution in [0.4, 0.5) is 19.3 Å². The van der Waals surface area contributed by atoms with Crippen LogP contribution in [0, 0.1) is 11.6 Å². The Morgan fingerprint density at radius 3 is 2.32 bits per heavy atom. The number of nitrogens with two attached hydrogens (primary N) is 1. The molecule has 0 saturated carbocycles. The van der Waals surface area contributed by atoms with Crippen molar-refractivity contribution in [3.8, 4) is 0 Å². The van der Waals surface area contributed by atoms with Crippen LogP contribution in [0.15, 0.2) is 42.5 Å². The predicted octanol–water partition coefficient (Wildman–Crippen LogP) is 2.82. The number of rotatable bonds is 7. The lowest BCUT2D eigenvalue weighted by Gasteiger charge is -2.27. The Morgan fingerprint density at radius 2 is 1.71 bits per heavy atom. The van der Waals surface area contributed by atoms with Gasteiger partial charge in [-0.15, -0.1) is 0 Å². The van der Waals surface area contributed by atoms with Crippen molar-refractivity contribution < 1.29 is 23.1 Å². The summed E-state index contributed by atoms with van der Waals surface area (Å²) in [6, 6.07) is 9.67. The van der Waals surface area contributed by atoms with Gasteiger partial charge in [-0.05, 0) is 42.8 Å². The molecule has 3 rings (SSSR count). The summed E-state index contributed by atoms with van der Waals surface area (Å²) in [5.41, 5.74) is 6.97. The molecule has 0 spiro atoms. The zero-order valence-corrected chi connectivity index (χ0v) is 17.2. The van der Waals surface area contributed by atoms with Crippen molar-refractivity contribution in [3.05, 3.63) is 65.2 Å². The highest BCUT2D eigenvalue weighted by molar-refractivity contribution is 5.94. The van der Waals surface area contributed by atoms with Gasteiger partial charge in [-0.3, -0.25) is 4.79 Å². The number of hydrogen-bond acceptors (Lipinski definition) is 4. The molecule has 0 bridgehead atoms. The molecule has 0 atom stereocenters. The molecule has 1 saturated heterocycles. The molecule has 7 nitrogen and oxygen atoms in total. The number of nitrogens with zero attached hydrogens (tertiary/aromatic N) is 2. The van der Waals surface area contributed by atoms with E-state index in [1.54, 1.807) is 29.2 Å². The van der Waals surface area contributed by atoms with E-state index in [1.165, 1.54) is 4.90 Å². The van der Waals surface area contributed by atoms with Crippen LogP contribution in [-0.2, 0) is 11.3 Å². The van der Waals surface area contributed by atoms with Gasteiger partial charge in [-0.25, -0.2) is 13.6 Å². The number of anilines is 1. The van der Waals surface area contributed by atoms with Crippen LogP contribution in [0.25, 0.3) is 0 Å². The minimum Gasteiger partial charge on any atom is -0.378 e. The first-order valence-electron chi connectivity index (χ1n) is 10.1.